The molecule has 0 bridgehead atoms. The molecule has 176 valence electrons. The van der Waals surface area contributed by atoms with E-state index < -0.39 is 23.2 Å². The van der Waals surface area contributed by atoms with Crippen LogP contribution in [0.15, 0.2) is 21.9 Å². The number of thiophene rings is 1. The molecule has 0 fully saturated rings. The van der Waals surface area contributed by atoms with E-state index in [1.54, 1.807) is 27.7 Å². The molecule has 12 heteroatoms. The fraction of sp³-hybridized carbons (Fsp3) is 0.500. The quantitative estimate of drug-likeness (QED) is 0.326. The number of amides is 2. The topological polar surface area (TPSA) is 132 Å². The first-order valence-electron chi connectivity index (χ1n) is 9.99. The second-order valence-corrected chi connectivity index (χ2v) is 8.21. The van der Waals surface area contributed by atoms with Crippen LogP contribution in [0.4, 0.5) is 4.79 Å². The summed E-state index contributed by atoms with van der Waals surface area (Å²) in [5.41, 5.74) is 1.77. The van der Waals surface area contributed by atoms with Crippen LogP contribution in [-0.4, -0.2) is 51.6 Å². The standard InChI is InChI=1S/C20H28N4O7S/c1-6-31-9-7-15(25)23(21-19(27)28)11-14-13(4)16-17(26)24(12(2)3)20(29)22(8-10-30-5)18(16)32-14/h7,9,12,21H,6,8,10-11H2,1-5H3,(H,27,28). The van der Waals surface area contributed by atoms with Crippen LogP contribution in [-0.2, 0) is 27.4 Å². The summed E-state index contributed by atoms with van der Waals surface area (Å²) < 4.78 is 12.8. The third-order valence-electron chi connectivity index (χ3n) is 4.65. The van der Waals surface area contributed by atoms with Crippen molar-refractivity contribution in [3.8, 4) is 0 Å². The number of hydrazine groups is 1. The van der Waals surface area contributed by atoms with Gasteiger partial charge in [-0.2, -0.15) is 0 Å². The van der Waals surface area contributed by atoms with Gasteiger partial charge in [-0.25, -0.2) is 20.0 Å². The second kappa shape index (κ2) is 11.0. The van der Waals surface area contributed by atoms with Crippen LogP contribution in [0, 0.1) is 6.92 Å². The molecule has 2 aromatic heterocycles. The van der Waals surface area contributed by atoms with E-state index in [9.17, 15) is 19.2 Å². The van der Waals surface area contributed by atoms with Gasteiger partial charge in [0, 0.05) is 24.1 Å². The van der Waals surface area contributed by atoms with E-state index in [1.165, 1.54) is 22.5 Å². The minimum Gasteiger partial charge on any atom is -0.501 e. The number of methoxy groups -OCH3 is 1. The molecule has 0 saturated heterocycles. The Balaban J connectivity index is 2.63. The Morgan fingerprint density at radius 1 is 1.31 bits per heavy atom. The molecule has 2 heterocycles. The van der Waals surface area contributed by atoms with E-state index in [4.69, 9.17) is 14.6 Å². The van der Waals surface area contributed by atoms with Crippen LogP contribution >= 0.6 is 11.3 Å². The number of carbonyl (C=O) groups excluding carboxylic acids is 1. The molecule has 0 aliphatic carbocycles. The average molecular weight is 469 g/mol. The summed E-state index contributed by atoms with van der Waals surface area (Å²) in [6.07, 6.45) is 0.865. The van der Waals surface area contributed by atoms with Crippen molar-refractivity contribution in [2.24, 2.45) is 0 Å². The van der Waals surface area contributed by atoms with Gasteiger partial charge in [-0.1, -0.05) is 0 Å². The predicted molar refractivity (Wildman–Crippen MR) is 120 cm³/mol. The lowest BCUT2D eigenvalue weighted by Gasteiger charge is -2.19. The molecule has 0 unspecified atom stereocenters. The maximum Gasteiger partial charge on any atom is 0.423 e. The third-order valence-corrected chi connectivity index (χ3v) is 5.95. The van der Waals surface area contributed by atoms with Gasteiger partial charge in [-0.3, -0.25) is 18.7 Å². The van der Waals surface area contributed by atoms with Crippen molar-refractivity contribution in [2.75, 3.05) is 20.3 Å². The molecule has 2 aromatic rings. The van der Waals surface area contributed by atoms with Gasteiger partial charge >= 0.3 is 11.8 Å². The summed E-state index contributed by atoms with van der Waals surface area (Å²) in [6, 6.07) is -0.355. The minimum absolute atomic E-state index is 0.133. The van der Waals surface area contributed by atoms with Gasteiger partial charge in [0.15, 0.2) is 0 Å². The zero-order valence-corrected chi connectivity index (χ0v) is 19.5. The lowest BCUT2D eigenvalue weighted by Crippen LogP contribution is -2.44. The summed E-state index contributed by atoms with van der Waals surface area (Å²) in [5, 5.41) is 10.4. The molecule has 0 radical (unpaired) electrons. The molecule has 0 saturated carbocycles. The van der Waals surface area contributed by atoms with E-state index >= 15 is 0 Å². The maximum absolute atomic E-state index is 13.1. The third kappa shape index (κ3) is 5.37. The Hall–Kier alpha value is -3.12. The average Bonchev–Trinajstić information content (AvgIpc) is 3.03. The number of carboxylic acid groups (broad SMARTS) is 1. The second-order valence-electron chi connectivity index (χ2n) is 7.13. The van der Waals surface area contributed by atoms with Gasteiger partial charge < -0.3 is 14.6 Å². The highest BCUT2D eigenvalue weighted by Crippen LogP contribution is 2.29. The molecule has 2 amide bonds. The van der Waals surface area contributed by atoms with Crippen LogP contribution in [0.3, 0.4) is 0 Å². The summed E-state index contributed by atoms with van der Waals surface area (Å²) in [5.74, 6) is -0.644. The highest BCUT2D eigenvalue weighted by Gasteiger charge is 2.23. The molecule has 0 aliphatic heterocycles. The number of aromatic nitrogens is 2. The number of rotatable bonds is 9. The van der Waals surface area contributed by atoms with E-state index in [-0.39, 0.29) is 25.7 Å². The Labute approximate surface area is 188 Å². The number of nitrogens with one attached hydrogen (secondary N) is 1. The van der Waals surface area contributed by atoms with Crippen molar-refractivity contribution in [2.45, 2.75) is 46.8 Å². The number of carbonyl (C=O) groups is 2. The fourth-order valence-corrected chi connectivity index (χ4v) is 4.42. The van der Waals surface area contributed by atoms with Crippen molar-refractivity contribution in [3.05, 3.63) is 43.6 Å². The molecule has 2 rings (SSSR count). The zero-order valence-electron chi connectivity index (χ0n) is 18.7. The molecular formula is C20H28N4O7S. The van der Waals surface area contributed by atoms with Gasteiger partial charge in [-0.05, 0) is 33.3 Å². The van der Waals surface area contributed by atoms with Gasteiger partial charge in [0.25, 0.3) is 11.5 Å². The lowest BCUT2D eigenvalue weighted by atomic mass is 10.2. The Kier molecular flexibility index (Phi) is 8.61. The normalized spacial score (nSPS) is 11.4. The van der Waals surface area contributed by atoms with Gasteiger partial charge in [0.1, 0.15) is 4.83 Å². The Bertz CT molecular complexity index is 1130. The smallest absolute Gasteiger partial charge is 0.423 e. The van der Waals surface area contributed by atoms with Gasteiger partial charge in [-0.15, -0.1) is 11.3 Å². The van der Waals surface area contributed by atoms with Crippen LogP contribution in [0.25, 0.3) is 10.2 Å². The summed E-state index contributed by atoms with van der Waals surface area (Å²) in [7, 11) is 1.52. The molecule has 2 N–H and O–H groups in total. The molecule has 0 aromatic carbocycles. The zero-order chi connectivity index (χ0) is 24.0. The number of nitrogens with zero attached hydrogens (tertiary/aromatic N) is 3. The summed E-state index contributed by atoms with van der Waals surface area (Å²) >= 11 is 1.16. The van der Waals surface area contributed by atoms with Crippen LogP contribution in [0.2, 0.25) is 0 Å². The van der Waals surface area contributed by atoms with E-state index in [0.717, 1.165) is 22.4 Å². The largest absolute Gasteiger partial charge is 0.501 e. The first kappa shape index (κ1) is 25.1. The first-order valence-corrected chi connectivity index (χ1v) is 10.8. The molecule has 32 heavy (non-hydrogen) atoms. The van der Waals surface area contributed by atoms with Crippen molar-refractivity contribution in [3.63, 3.8) is 0 Å². The molecule has 0 atom stereocenters. The number of ether oxygens (including phenoxy) is 2. The Morgan fingerprint density at radius 3 is 2.56 bits per heavy atom. The first-order chi connectivity index (χ1) is 15.1. The summed E-state index contributed by atoms with van der Waals surface area (Å²) in [6.45, 7) is 7.69. The maximum atomic E-state index is 13.1. The van der Waals surface area contributed by atoms with Crippen molar-refractivity contribution < 1.29 is 24.2 Å². The van der Waals surface area contributed by atoms with E-state index in [2.05, 4.69) is 5.43 Å². The lowest BCUT2D eigenvalue weighted by molar-refractivity contribution is -0.129. The highest BCUT2D eigenvalue weighted by atomic mass is 32.1. The van der Waals surface area contributed by atoms with Crippen LogP contribution in [0.1, 0.15) is 37.3 Å². The van der Waals surface area contributed by atoms with E-state index in [1.807, 2.05) is 0 Å². The van der Waals surface area contributed by atoms with Crippen molar-refractivity contribution in [1.82, 2.24) is 19.6 Å². The number of hydrogen-bond acceptors (Lipinski definition) is 7. The highest BCUT2D eigenvalue weighted by molar-refractivity contribution is 7.18. The monoisotopic (exact) mass is 468 g/mol. The van der Waals surface area contributed by atoms with Crippen molar-refractivity contribution in [1.29, 1.82) is 0 Å². The molecule has 0 spiro atoms. The number of fused-ring (bicyclic) bond motifs is 1. The van der Waals surface area contributed by atoms with Crippen LogP contribution in [0.5, 0.6) is 0 Å². The molecule has 0 aliphatic rings. The van der Waals surface area contributed by atoms with Crippen LogP contribution < -0.4 is 16.7 Å². The molecule has 11 nitrogen and oxygen atoms in total. The number of hydrogen-bond donors (Lipinski definition) is 2. The molecular weight excluding hydrogens is 440 g/mol. The minimum atomic E-state index is -1.42. The summed E-state index contributed by atoms with van der Waals surface area (Å²) in [4.78, 5) is 50.8. The number of aryl methyl sites for hydroxylation is 1. The fourth-order valence-electron chi connectivity index (χ4n) is 3.12. The van der Waals surface area contributed by atoms with Gasteiger partial charge in [0.05, 0.1) is 38.0 Å². The van der Waals surface area contributed by atoms with Gasteiger partial charge in [0.2, 0.25) is 0 Å². The van der Waals surface area contributed by atoms with E-state index in [0.29, 0.717) is 27.3 Å². The van der Waals surface area contributed by atoms with Crippen molar-refractivity contribution >= 4 is 33.6 Å². The SMILES string of the molecule is CCOC=CC(=O)N(Cc1sc2c(c1C)c(=O)n(C(C)C)c(=O)n2CCOC)NC(=O)O. The predicted octanol–water partition coefficient (Wildman–Crippen LogP) is 1.82. The Morgan fingerprint density at radius 2 is 2.00 bits per heavy atom.